The van der Waals surface area contributed by atoms with Gasteiger partial charge in [0.1, 0.15) is 0 Å². The third-order valence-corrected chi connectivity index (χ3v) is 4.39. The van der Waals surface area contributed by atoms with E-state index in [1.807, 2.05) is 38.1 Å². The largest absolute Gasteiger partial charge is 0.379 e. The highest BCUT2D eigenvalue weighted by Gasteiger charge is 2.18. The second kappa shape index (κ2) is 8.17. The lowest BCUT2D eigenvalue weighted by atomic mass is 10.1. The van der Waals surface area contributed by atoms with Gasteiger partial charge in [-0.15, -0.1) is 0 Å². The summed E-state index contributed by atoms with van der Waals surface area (Å²) in [5.74, 6) is -0.0270. The molecular weight excluding hydrogens is 312 g/mol. The normalized spacial score (nSPS) is 13.2. The van der Waals surface area contributed by atoms with Crippen molar-refractivity contribution in [3.63, 3.8) is 0 Å². The number of nitrogens with zero attached hydrogens (tertiary/aromatic N) is 1. The van der Waals surface area contributed by atoms with Crippen LogP contribution in [0.2, 0.25) is 0 Å². The first-order chi connectivity index (χ1) is 12.1. The predicted molar refractivity (Wildman–Crippen MR) is 101 cm³/mol. The molecule has 0 aliphatic carbocycles. The molecule has 0 radical (unpaired) electrons. The van der Waals surface area contributed by atoms with Crippen molar-refractivity contribution in [1.82, 2.24) is 5.32 Å². The molecule has 1 N–H and O–H groups in total. The van der Waals surface area contributed by atoms with Gasteiger partial charge in [-0.25, -0.2) is 0 Å². The Labute approximate surface area is 149 Å². The molecule has 0 spiro atoms. The summed E-state index contributed by atoms with van der Waals surface area (Å²) in [7, 11) is 0. The number of fused-ring (bicyclic) bond motifs is 1. The van der Waals surface area contributed by atoms with Crippen molar-refractivity contribution in [2.24, 2.45) is 0 Å². The second-order valence-electron chi connectivity index (χ2n) is 6.70. The minimum absolute atomic E-state index is 0.0270. The molecule has 1 aliphatic rings. The van der Waals surface area contributed by atoms with Crippen LogP contribution >= 0.6 is 0 Å². The molecule has 3 rings (SSSR count). The topological polar surface area (TPSA) is 41.6 Å². The van der Waals surface area contributed by atoms with Crippen LogP contribution in [0.4, 0.5) is 5.69 Å². The molecular formula is C21H26N2O2. The molecule has 0 fully saturated rings. The summed E-state index contributed by atoms with van der Waals surface area (Å²) in [5.41, 5.74) is 4.61. The molecule has 0 saturated heterocycles. The van der Waals surface area contributed by atoms with E-state index in [0.29, 0.717) is 18.7 Å². The standard InChI is InChI=1S/C21H26N2O2/c1-16(2)25-13-5-12-22-21(24)17-8-10-20(11-9-17)23-14-18-6-3-4-7-19(18)15-23/h3-4,6-11,16H,5,12-15H2,1-2H3,(H,22,24). The zero-order valence-corrected chi connectivity index (χ0v) is 15.0. The van der Waals surface area contributed by atoms with Crippen LogP contribution in [0.1, 0.15) is 41.8 Å². The molecule has 0 aromatic heterocycles. The van der Waals surface area contributed by atoms with E-state index in [2.05, 4.69) is 34.5 Å². The third kappa shape index (κ3) is 4.60. The van der Waals surface area contributed by atoms with E-state index in [-0.39, 0.29) is 12.0 Å². The van der Waals surface area contributed by atoms with Crippen LogP contribution in [0, 0.1) is 0 Å². The Bertz CT molecular complexity index is 685. The quantitative estimate of drug-likeness (QED) is 0.782. The number of benzene rings is 2. The highest BCUT2D eigenvalue weighted by atomic mass is 16.5. The minimum atomic E-state index is -0.0270. The molecule has 1 heterocycles. The van der Waals surface area contributed by atoms with Crippen LogP contribution in [0.3, 0.4) is 0 Å². The smallest absolute Gasteiger partial charge is 0.251 e. The zero-order valence-electron chi connectivity index (χ0n) is 15.0. The molecule has 1 amide bonds. The highest BCUT2D eigenvalue weighted by molar-refractivity contribution is 5.94. The number of hydrogen-bond donors (Lipinski definition) is 1. The van der Waals surface area contributed by atoms with Gasteiger partial charge in [0.25, 0.3) is 5.91 Å². The minimum Gasteiger partial charge on any atom is -0.379 e. The van der Waals surface area contributed by atoms with Crippen molar-refractivity contribution < 1.29 is 9.53 Å². The van der Waals surface area contributed by atoms with E-state index in [9.17, 15) is 4.79 Å². The lowest BCUT2D eigenvalue weighted by Gasteiger charge is -2.18. The summed E-state index contributed by atoms with van der Waals surface area (Å²) in [6.07, 6.45) is 1.06. The van der Waals surface area contributed by atoms with Crippen molar-refractivity contribution >= 4 is 11.6 Å². The molecule has 0 bridgehead atoms. The fourth-order valence-electron chi connectivity index (χ4n) is 3.03. The SMILES string of the molecule is CC(C)OCCCNC(=O)c1ccc(N2Cc3ccccc3C2)cc1. The molecule has 0 saturated carbocycles. The fraction of sp³-hybridized carbons (Fsp3) is 0.381. The maximum absolute atomic E-state index is 12.2. The van der Waals surface area contributed by atoms with Crippen LogP contribution < -0.4 is 10.2 Å². The Hall–Kier alpha value is -2.33. The van der Waals surface area contributed by atoms with E-state index in [1.165, 1.54) is 11.1 Å². The van der Waals surface area contributed by atoms with Gasteiger partial charge in [-0.2, -0.15) is 0 Å². The molecule has 0 atom stereocenters. The Kier molecular flexibility index (Phi) is 5.71. The Morgan fingerprint density at radius 1 is 1.08 bits per heavy atom. The number of carbonyl (C=O) groups excluding carboxylic acids is 1. The first kappa shape index (κ1) is 17.5. The highest BCUT2D eigenvalue weighted by Crippen LogP contribution is 2.28. The summed E-state index contributed by atoms with van der Waals surface area (Å²) >= 11 is 0. The van der Waals surface area contributed by atoms with Crippen LogP contribution in [-0.2, 0) is 17.8 Å². The number of amides is 1. The second-order valence-corrected chi connectivity index (χ2v) is 6.70. The Morgan fingerprint density at radius 2 is 1.72 bits per heavy atom. The summed E-state index contributed by atoms with van der Waals surface area (Å²) in [5, 5.41) is 2.94. The van der Waals surface area contributed by atoms with Crippen LogP contribution in [0.15, 0.2) is 48.5 Å². The van der Waals surface area contributed by atoms with Gasteiger partial charge in [-0.3, -0.25) is 4.79 Å². The molecule has 4 nitrogen and oxygen atoms in total. The average molecular weight is 338 g/mol. The van der Waals surface area contributed by atoms with Gasteiger partial charge in [-0.1, -0.05) is 24.3 Å². The molecule has 2 aromatic rings. The van der Waals surface area contributed by atoms with Gasteiger partial charge in [0.05, 0.1) is 6.10 Å². The number of rotatable bonds is 7. The van der Waals surface area contributed by atoms with Gasteiger partial charge in [0.15, 0.2) is 0 Å². The van der Waals surface area contributed by atoms with Crippen LogP contribution in [0.5, 0.6) is 0 Å². The zero-order chi connectivity index (χ0) is 17.6. The van der Waals surface area contributed by atoms with E-state index < -0.39 is 0 Å². The number of hydrogen-bond acceptors (Lipinski definition) is 3. The van der Waals surface area contributed by atoms with E-state index in [4.69, 9.17) is 4.74 Å². The molecule has 132 valence electrons. The molecule has 25 heavy (non-hydrogen) atoms. The number of carbonyl (C=O) groups is 1. The summed E-state index contributed by atoms with van der Waals surface area (Å²) in [6, 6.07) is 16.4. The molecule has 0 unspecified atom stereocenters. The van der Waals surface area contributed by atoms with Gasteiger partial charge in [-0.05, 0) is 55.7 Å². The monoisotopic (exact) mass is 338 g/mol. The van der Waals surface area contributed by atoms with Crippen molar-refractivity contribution in [1.29, 1.82) is 0 Å². The first-order valence-electron chi connectivity index (χ1n) is 8.95. The summed E-state index contributed by atoms with van der Waals surface area (Å²) in [6.45, 7) is 7.19. The van der Waals surface area contributed by atoms with E-state index >= 15 is 0 Å². The Balaban J connectivity index is 1.50. The maximum atomic E-state index is 12.2. The number of anilines is 1. The summed E-state index contributed by atoms with van der Waals surface area (Å²) < 4.78 is 5.47. The Morgan fingerprint density at radius 3 is 2.32 bits per heavy atom. The number of nitrogens with one attached hydrogen (secondary N) is 1. The molecule has 1 aliphatic heterocycles. The first-order valence-corrected chi connectivity index (χ1v) is 8.95. The van der Waals surface area contributed by atoms with Crippen LogP contribution in [-0.4, -0.2) is 25.2 Å². The average Bonchev–Trinajstić information content (AvgIpc) is 3.05. The maximum Gasteiger partial charge on any atom is 0.251 e. The van der Waals surface area contributed by atoms with Crippen molar-refractivity contribution in [2.45, 2.75) is 39.5 Å². The van der Waals surface area contributed by atoms with Crippen molar-refractivity contribution in [2.75, 3.05) is 18.1 Å². The fourth-order valence-corrected chi connectivity index (χ4v) is 3.03. The van der Waals surface area contributed by atoms with Gasteiger partial charge >= 0.3 is 0 Å². The lowest BCUT2D eigenvalue weighted by Crippen LogP contribution is -2.25. The lowest BCUT2D eigenvalue weighted by molar-refractivity contribution is 0.0757. The predicted octanol–water partition coefficient (Wildman–Crippen LogP) is 3.75. The van der Waals surface area contributed by atoms with Gasteiger partial charge in [0.2, 0.25) is 0 Å². The molecule has 4 heteroatoms. The van der Waals surface area contributed by atoms with Crippen molar-refractivity contribution in [3.8, 4) is 0 Å². The van der Waals surface area contributed by atoms with E-state index in [0.717, 1.165) is 25.2 Å². The third-order valence-electron chi connectivity index (χ3n) is 4.39. The van der Waals surface area contributed by atoms with Gasteiger partial charge in [0, 0.05) is 37.5 Å². The van der Waals surface area contributed by atoms with E-state index in [1.54, 1.807) is 0 Å². The van der Waals surface area contributed by atoms with Gasteiger partial charge < -0.3 is 15.0 Å². The van der Waals surface area contributed by atoms with Crippen molar-refractivity contribution in [3.05, 3.63) is 65.2 Å². The van der Waals surface area contributed by atoms with Crippen LogP contribution in [0.25, 0.3) is 0 Å². The number of ether oxygens (including phenoxy) is 1. The molecule has 2 aromatic carbocycles. The summed E-state index contributed by atoms with van der Waals surface area (Å²) in [4.78, 5) is 14.5.